The van der Waals surface area contributed by atoms with Gasteiger partial charge in [0.2, 0.25) is 0 Å². The van der Waals surface area contributed by atoms with E-state index < -0.39 is 0 Å². The maximum atomic E-state index is 5.58. The molecule has 0 amide bonds. The molecule has 0 aliphatic heterocycles. The van der Waals surface area contributed by atoms with E-state index in [1.54, 1.807) is 0 Å². The number of hydrogen-bond acceptors (Lipinski definition) is 3. The second kappa shape index (κ2) is 10.2. The number of pyridine rings is 1. The van der Waals surface area contributed by atoms with Crippen LogP contribution in [0.4, 0.5) is 5.69 Å². The van der Waals surface area contributed by atoms with Gasteiger partial charge in [-0.1, -0.05) is 44.4 Å². The molecule has 0 aliphatic rings. The van der Waals surface area contributed by atoms with Crippen LogP contribution in [0, 0.1) is 0 Å². The van der Waals surface area contributed by atoms with Gasteiger partial charge in [0.05, 0.1) is 5.52 Å². The van der Waals surface area contributed by atoms with Gasteiger partial charge in [0, 0.05) is 37.0 Å². The molecule has 3 nitrogen and oxygen atoms in total. The molecule has 120 valence electrons. The smallest absolute Gasteiger partial charge is 0.0722 e. The van der Waals surface area contributed by atoms with E-state index >= 15 is 0 Å². The maximum Gasteiger partial charge on any atom is 0.0722 e. The predicted molar refractivity (Wildman–Crippen MR) is 94.4 cm³/mol. The molecule has 0 saturated carbocycles. The van der Waals surface area contributed by atoms with Crippen molar-refractivity contribution in [1.82, 2.24) is 4.98 Å². The highest BCUT2D eigenvalue weighted by Gasteiger charge is 2.00. The Labute approximate surface area is 134 Å². The van der Waals surface area contributed by atoms with Crippen LogP contribution in [-0.4, -0.2) is 24.7 Å². The van der Waals surface area contributed by atoms with E-state index in [2.05, 4.69) is 41.5 Å². The molecule has 0 unspecified atom stereocenters. The molecule has 2 aromatic rings. The Morgan fingerprint density at radius 1 is 0.955 bits per heavy atom. The van der Waals surface area contributed by atoms with Crippen LogP contribution < -0.4 is 5.32 Å². The van der Waals surface area contributed by atoms with Gasteiger partial charge in [-0.2, -0.15) is 0 Å². The summed E-state index contributed by atoms with van der Waals surface area (Å²) in [5.74, 6) is 0. The summed E-state index contributed by atoms with van der Waals surface area (Å²) in [6.45, 7) is 5.06. The number of nitrogens with one attached hydrogen (secondary N) is 1. The second-order valence-corrected chi connectivity index (χ2v) is 5.68. The Morgan fingerprint density at radius 2 is 1.77 bits per heavy atom. The van der Waals surface area contributed by atoms with E-state index in [1.807, 2.05) is 12.3 Å². The van der Waals surface area contributed by atoms with Crippen molar-refractivity contribution in [3.05, 3.63) is 36.5 Å². The van der Waals surface area contributed by atoms with Crippen LogP contribution >= 0.6 is 0 Å². The standard InChI is InChI=1S/C19H28N2O/c1-2-3-15-22-16-9-5-4-8-13-20-19-12-14-21-18-11-7-6-10-17(18)19/h6-7,10-12,14H,2-5,8-9,13,15-16H2,1H3,(H,20,21). The number of ether oxygens (including phenoxy) is 1. The zero-order valence-corrected chi connectivity index (χ0v) is 13.7. The summed E-state index contributed by atoms with van der Waals surface area (Å²) < 4.78 is 5.58. The highest BCUT2D eigenvalue weighted by atomic mass is 16.5. The van der Waals surface area contributed by atoms with Gasteiger partial charge >= 0.3 is 0 Å². The molecule has 0 spiro atoms. The molecular weight excluding hydrogens is 272 g/mol. The predicted octanol–water partition coefficient (Wildman–Crippen LogP) is 5.02. The number of rotatable bonds is 11. The van der Waals surface area contributed by atoms with E-state index in [9.17, 15) is 0 Å². The monoisotopic (exact) mass is 300 g/mol. The first-order valence-electron chi connectivity index (χ1n) is 8.57. The van der Waals surface area contributed by atoms with Gasteiger partial charge in [0.1, 0.15) is 0 Å². The van der Waals surface area contributed by atoms with Crippen molar-refractivity contribution in [1.29, 1.82) is 0 Å². The van der Waals surface area contributed by atoms with Crippen LogP contribution in [-0.2, 0) is 4.74 Å². The van der Waals surface area contributed by atoms with Gasteiger partial charge in [0.25, 0.3) is 0 Å². The Balaban J connectivity index is 1.59. The van der Waals surface area contributed by atoms with Crippen LogP contribution in [0.5, 0.6) is 0 Å². The molecule has 1 N–H and O–H groups in total. The molecule has 3 heteroatoms. The van der Waals surface area contributed by atoms with E-state index in [-0.39, 0.29) is 0 Å². The molecule has 0 atom stereocenters. The van der Waals surface area contributed by atoms with Crippen LogP contribution in [0.25, 0.3) is 10.9 Å². The van der Waals surface area contributed by atoms with Gasteiger partial charge in [-0.3, -0.25) is 4.98 Å². The molecule has 2 rings (SSSR count). The zero-order valence-electron chi connectivity index (χ0n) is 13.7. The number of nitrogens with zero attached hydrogens (tertiary/aromatic N) is 1. The Hall–Kier alpha value is -1.61. The first kappa shape index (κ1) is 16.8. The summed E-state index contributed by atoms with van der Waals surface area (Å²) in [5.41, 5.74) is 2.24. The summed E-state index contributed by atoms with van der Waals surface area (Å²) in [4.78, 5) is 4.39. The second-order valence-electron chi connectivity index (χ2n) is 5.68. The van der Waals surface area contributed by atoms with Gasteiger partial charge in [0.15, 0.2) is 0 Å². The van der Waals surface area contributed by atoms with Crippen molar-refractivity contribution in [3.8, 4) is 0 Å². The molecular formula is C19H28N2O. The lowest BCUT2D eigenvalue weighted by molar-refractivity contribution is 0.127. The lowest BCUT2D eigenvalue weighted by Gasteiger charge is -2.09. The molecule has 0 saturated heterocycles. The van der Waals surface area contributed by atoms with Gasteiger partial charge in [-0.15, -0.1) is 0 Å². The topological polar surface area (TPSA) is 34.1 Å². The molecule has 0 radical (unpaired) electrons. The van der Waals surface area contributed by atoms with E-state index in [0.29, 0.717) is 0 Å². The summed E-state index contributed by atoms with van der Waals surface area (Å²) >= 11 is 0. The molecule has 1 heterocycles. The fourth-order valence-corrected chi connectivity index (χ4v) is 2.50. The summed E-state index contributed by atoms with van der Waals surface area (Å²) in [7, 11) is 0. The number of para-hydroxylation sites is 1. The lowest BCUT2D eigenvalue weighted by Crippen LogP contribution is -2.03. The first-order chi connectivity index (χ1) is 10.9. The van der Waals surface area contributed by atoms with Gasteiger partial charge in [-0.05, 0) is 31.4 Å². The third-order valence-corrected chi connectivity index (χ3v) is 3.82. The summed E-state index contributed by atoms with van der Waals surface area (Å²) in [6.07, 6.45) is 9.17. The minimum atomic E-state index is 0.919. The average molecular weight is 300 g/mol. The zero-order chi connectivity index (χ0) is 15.5. The number of unbranched alkanes of at least 4 members (excludes halogenated alkanes) is 4. The Kier molecular flexibility index (Phi) is 7.75. The quantitative estimate of drug-likeness (QED) is 0.591. The normalized spacial score (nSPS) is 11.0. The summed E-state index contributed by atoms with van der Waals surface area (Å²) in [6, 6.07) is 10.3. The van der Waals surface area contributed by atoms with E-state index in [1.165, 1.54) is 49.6 Å². The number of benzene rings is 1. The van der Waals surface area contributed by atoms with Crippen molar-refractivity contribution in [2.75, 3.05) is 25.1 Å². The Bertz CT molecular complexity index is 536. The van der Waals surface area contributed by atoms with Gasteiger partial charge < -0.3 is 10.1 Å². The van der Waals surface area contributed by atoms with Crippen molar-refractivity contribution in [3.63, 3.8) is 0 Å². The third-order valence-electron chi connectivity index (χ3n) is 3.82. The largest absolute Gasteiger partial charge is 0.384 e. The highest BCUT2D eigenvalue weighted by molar-refractivity contribution is 5.90. The number of hydrogen-bond donors (Lipinski definition) is 1. The minimum Gasteiger partial charge on any atom is -0.384 e. The molecule has 1 aromatic heterocycles. The van der Waals surface area contributed by atoms with Crippen LogP contribution in [0.1, 0.15) is 45.4 Å². The van der Waals surface area contributed by atoms with Crippen LogP contribution in [0.3, 0.4) is 0 Å². The maximum absolute atomic E-state index is 5.58. The number of aromatic nitrogens is 1. The third kappa shape index (κ3) is 5.64. The van der Waals surface area contributed by atoms with Crippen LogP contribution in [0.2, 0.25) is 0 Å². The molecule has 22 heavy (non-hydrogen) atoms. The minimum absolute atomic E-state index is 0.919. The fraction of sp³-hybridized carbons (Fsp3) is 0.526. The van der Waals surface area contributed by atoms with Crippen molar-refractivity contribution >= 4 is 16.6 Å². The summed E-state index contributed by atoms with van der Waals surface area (Å²) in [5, 5.41) is 4.74. The van der Waals surface area contributed by atoms with E-state index in [4.69, 9.17) is 4.74 Å². The highest BCUT2D eigenvalue weighted by Crippen LogP contribution is 2.20. The average Bonchev–Trinajstić information content (AvgIpc) is 2.56. The van der Waals surface area contributed by atoms with E-state index in [0.717, 1.165) is 25.3 Å². The Morgan fingerprint density at radius 3 is 2.68 bits per heavy atom. The lowest BCUT2D eigenvalue weighted by atomic mass is 10.1. The number of fused-ring (bicyclic) bond motifs is 1. The molecule has 1 aromatic carbocycles. The fourth-order valence-electron chi connectivity index (χ4n) is 2.50. The van der Waals surface area contributed by atoms with Crippen LogP contribution in [0.15, 0.2) is 36.5 Å². The van der Waals surface area contributed by atoms with Crippen molar-refractivity contribution in [2.24, 2.45) is 0 Å². The molecule has 0 aliphatic carbocycles. The van der Waals surface area contributed by atoms with Crippen molar-refractivity contribution < 1.29 is 4.74 Å². The van der Waals surface area contributed by atoms with Gasteiger partial charge in [-0.25, -0.2) is 0 Å². The van der Waals surface area contributed by atoms with Crippen molar-refractivity contribution in [2.45, 2.75) is 45.4 Å². The molecule has 0 fully saturated rings. The number of anilines is 1. The SMILES string of the molecule is CCCCOCCCCCCNc1ccnc2ccccc12. The first-order valence-corrected chi connectivity index (χ1v) is 8.57. The molecule has 0 bridgehead atoms.